The average Bonchev–Trinajstić information content (AvgIpc) is 3.38. The molecule has 152 valence electrons. The van der Waals surface area contributed by atoms with Gasteiger partial charge in [0.2, 0.25) is 0 Å². The number of nitrogens with zero attached hydrogens (tertiary/aromatic N) is 5. The summed E-state index contributed by atoms with van der Waals surface area (Å²) in [5.41, 5.74) is 2.72. The fourth-order valence-corrected chi connectivity index (χ4v) is 4.94. The summed E-state index contributed by atoms with van der Waals surface area (Å²) in [5, 5.41) is 19.3. The zero-order valence-corrected chi connectivity index (χ0v) is 17.4. The van der Waals surface area contributed by atoms with Crippen LogP contribution in [0.15, 0.2) is 40.1 Å². The minimum atomic E-state index is -0.535. The summed E-state index contributed by atoms with van der Waals surface area (Å²) in [4.78, 5) is 10.3. The second kappa shape index (κ2) is 6.88. The third-order valence-corrected chi connectivity index (χ3v) is 6.49. The molecule has 3 aromatic heterocycles. The Morgan fingerprint density at radius 2 is 2.07 bits per heavy atom. The number of aliphatic imine (C=N–C) groups is 1. The minimum Gasteiger partial charge on any atom is -0.508 e. The van der Waals surface area contributed by atoms with Crippen LogP contribution in [0.4, 0.5) is 4.39 Å². The molecule has 0 spiro atoms. The van der Waals surface area contributed by atoms with Gasteiger partial charge in [-0.2, -0.15) is 0 Å². The first-order valence-electron chi connectivity index (χ1n) is 9.41. The Bertz CT molecular complexity index is 1290. The monoisotopic (exact) mass is 423 g/mol. The van der Waals surface area contributed by atoms with E-state index in [4.69, 9.17) is 9.41 Å². The lowest BCUT2D eigenvalue weighted by Crippen LogP contribution is -2.10. The molecule has 30 heavy (non-hydrogen) atoms. The standard InChI is InChI=1S/C21H18FN5O2S/c1-10-11(2)30-21-18(10)19(14-5-4-13(28)8-15(14)22)24-16(9-17-23-6-7-29-17)20-26-25-12(3)27(20)21/h4-8,16,28H,9H2,1-3H3/t16-/m0/s1. The van der Waals surface area contributed by atoms with E-state index in [0.717, 1.165) is 32.9 Å². The van der Waals surface area contributed by atoms with Gasteiger partial charge in [-0.05, 0) is 38.5 Å². The maximum Gasteiger partial charge on any atom is 0.196 e. The Hall–Kier alpha value is -3.33. The first-order valence-corrected chi connectivity index (χ1v) is 10.2. The summed E-state index contributed by atoms with van der Waals surface area (Å²) in [7, 11) is 0. The van der Waals surface area contributed by atoms with Gasteiger partial charge in [0.25, 0.3) is 0 Å². The van der Waals surface area contributed by atoms with E-state index >= 15 is 0 Å². The SMILES string of the molecule is Cc1sc2c(c1C)C(c1ccc(O)cc1F)=N[C@@H](Cc1ncco1)c1nnc(C)n1-2. The summed E-state index contributed by atoms with van der Waals surface area (Å²) in [6.07, 6.45) is 3.45. The van der Waals surface area contributed by atoms with Crippen LogP contribution in [-0.4, -0.2) is 30.6 Å². The maximum atomic E-state index is 14.9. The summed E-state index contributed by atoms with van der Waals surface area (Å²) >= 11 is 1.60. The smallest absolute Gasteiger partial charge is 0.196 e. The molecule has 1 aliphatic heterocycles. The topological polar surface area (TPSA) is 89.3 Å². The molecule has 0 saturated heterocycles. The summed E-state index contributed by atoms with van der Waals surface area (Å²) in [6, 6.07) is 3.66. The third kappa shape index (κ3) is 2.85. The molecule has 4 aromatic rings. The van der Waals surface area contributed by atoms with E-state index in [1.165, 1.54) is 12.3 Å². The Balaban J connectivity index is 1.80. The van der Waals surface area contributed by atoms with Gasteiger partial charge in [-0.3, -0.25) is 9.56 Å². The second-order valence-corrected chi connectivity index (χ2v) is 8.40. The van der Waals surface area contributed by atoms with Crippen molar-refractivity contribution in [3.05, 3.63) is 75.6 Å². The van der Waals surface area contributed by atoms with E-state index in [2.05, 4.69) is 15.2 Å². The molecular weight excluding hydrogens is 405 g/mol. The molecule has 4 heterocycles. The summed E-state index contributed by atoms with van der Waals surface area (Å²) in [6.45, 7) is 5.92. The van der Waals surface area contributed by atoms with E-state index in [-0.39, 0.29) is 5.75 Å². The van der Waals surface area contributed by atoms with Gasteiger partial charge in [0, 0.05) is 22.1 Å². The molecule has 0 unspecified atom stereocenters. The van der Waals surface area contributed by atoms with Crippen LogP contribution in [0.2, 0.25) is 0 Å². The number of rotatable bonds is 3. The molecule has 5 rings (SSSR count). The molecule has 1 aliphatic rings. The number of phenolic OH excluding ortho intramolecular Hbond substituents is 1. The van der Waals surface area contributed by atoms with Crippen LogP contribution < -0.4 is 0 Å². The first kappa shape index (κ1) is 18.7. The van der Waals surface area contributed by atoms with Crippen molar-refractivity contribution in [2.75, 3.05) is 0 Å². The third-order valence-electron chi connectivity index (χ3n) is 5.30. The number of aromatic hydroxyl groups is 1. The molecule has 9 heteroatoms. The largest absolute Gasteiger partial charge is 0.508 e. The highest BCUT2D eigenvalue weighted by molar-refractivity contribution is 7.15. The zero-order chi connectivity index (χ0) is 21.0. The van der Waals surface area contributed by atoms with Crippen molar-refractivity contribution in [2.45, 2.75) is 33.2 Å². The number of fused-ring (bicyclic) bond motifs is 3. The summed E-state index contributed by atoms with van der Waals surface area (Å²) in [5.74, 6) is 1.23. The predicted molar refractivity (Wildman–Crippen MR) is 110 cm³/mol. The lowest BCUT2D eigenvalue weighted by Gasteiger charge is -2.12. The van der Waals surface area contributed by atoms with Gasteiger partial charge in [0.1, 0.15) is 34.7 Å². The molecule has 7 nitrogen and oxygen atoms in total. The minimum absolute atomic E-state index is 0.131. The molecule has 0 saturated carbocycles. The highest BCUT2D eigenvalue weighted by Crippen LogP contribution is 2.39. The molecule has 0 radical (unpaired) electrons. The van der Waals surface area contributed by atoms with E-state index in [1.54, 1.807) is 23.6 Å². The number of aromatic nitrogens is 4. The number of benzene rings is 1. The fourth-order valence-electron chi connectivity index (χ4n) is 3.73. The van der Waals surface area contributed by atoms with Crippen LogP contribution in [0.5, 0.6) is 5.75 Å². The van der Waals surface area contributed by atoms with Crippen molar-refractivity contribution in [3.8, 4) is 10.8 Å². The van der Waals surface area contributed by atoms with Crippen LogP contribution in [0.1, 0.15) is 45.1 Å². The molecule has 1 aromatic carbocycles. The Morgan fingerprint density at radius 1 is 1.23 bits per heavy atom. The van der Waals surface area contributed by atoms with Crippen LogP contribution >= 0.6 is 11.3 Å². The van der Waals surface area contributed by atoms with Gasteiger partial charge in [0.15, 0.2) is 11.7 Å². The molecule has 0 fully saturated rings. The second-order valence-electron chi connectivity index (χ2n) is 7.19. The van der Waals surface area contributed by atoms with Gasteiger partial charge < -0.3 is 9.52 Å². The lowest BCUT2D eigenvalue weighted by molar-refractivity contribution is 0.467. The van der Waals surface area contributed by atoms with Crippen molar-refractivity contribution in [2.24, 2.45) is 4.99 Å². The highest BCUT2D eigenvalue weighted by atomic mass is 32.1. The quantitative estimate of drug-likeness (QED) is 0.533. The van der Waals surface area contributed by atoms with Crippen molar-refractivity contribution < 1.29 is 13.9 Å². The molecule has 0 aliphatic carbocycles. The molecular formula is C21H18FN5O2S. The predicted octanol–water partition coefficient (Wildman–Crippen LogP) is 4.22. The van der Waals surface area contributed by atoms with Gasteiger partial charge in [0.05, 0.1) is 18.3 Å². The van der Waals surface area contributed by atoms with E-state index in [0.29, 0.717) is 29.4 Å². The van der Waals surface area contributed by atoms with Gasteiger partial charge >= 0.3 is 0 Å². The van der Waals surface area contributed by atoms with Crippen molar-refractivity contribution >= 4 is 17.0 Å². The van der Waals surface area contributed by atoms with Crippen LogP contribution in [0.3, 0.4) is 0 Å². The number of phenols is 1. The summed E-state index contributed by atoms with van der Waals surface area (Å²) < 4.78 is 22.4. The number of hydrogen-bond acceptors (Lipinski definition) is 7. The van der Waals surface area contributed by atoms with E-state index in [1.807, 2.05) is 25.3 Å². The van der Waals surface area contributed by atoms with Crippen molar-refractivity contribution in [3.63, 3.8) is 0 Å². The molecule has 1 atom stereocenters. The van der Waals surface area contributed by atoms with E-state index in [9.17, 15) is 9.50 Å². The van der Waals surface area contributed by atoms with Gasteiger partial charge in [-0.25, -0.2) is 9.37 Å². The van der Waals surface area contributed by atoms with Crippen LogP contribution in [0.25, 0.3) is 5.00 Å². The van der Waals surface area contributed by atoms with Gasteiger partial charge in [-0.1, -0.05) is 0 Å². The normalized spacial score (nSPS) is 15.5. The number of aryl methyl sites for hydroxylation is 2. The Morgan fingerprint density at radius 3 is 2.80 bits per heavy atom. The molecule has 0 amide bonds. The molecule has 1 N–H and O–H groups in total. The van der Waals surface area contributed by atoms with Crippen molar-refractivity contribution in [1.82, 2.24) is 19.7 Å². The molecule has 0 bridgehead atoms. The van der Waals surface area contributed by atoms with Gasteiger partial charge in [-0.15, -0.1) is 21.5 Å². The van der Waals surface area contributed by atoms with Crippen LogP contribution in [0, 0.1) is 26.6 Å². The Kier molecular flexibility index (Phi) is 4.28. The first-order chi connectivity index (χ1) is 14.4. The lowest BCUT2D eigenvalue weighted by atomic mass is 9.99. The fraction of sp³-hybridized carbons (Fsp3) is 0.238. The zero-order valence-electron chi connectivity index (χ0n) is 16.5. The number of hydrogen-bond donors (Lipinski definition) is 1. The van der Waals surface area contributed by atoms with Crippen molar-refractivity contribution in [1.29, 1.82) is 0 Å². The number of oxazole rings is 1. The number of thiophene rings is 1. The highest BCUT2D eigenvalue weighted by Gasteiger charge is 2.32. The Labute approximate surface area is 175 Å². The maximum absolute atomic E-state index is 14.9. The number of halogens is 1. The van der Waals surface area contributed by atoms with Crippen LogP contribution in [-0.2, 0) is 6.42 Å². The average molecular weight is 423 g/mol. The van der Waals surface area contributed by atoms with E-state index < -0.39 is 11.9 Å².